The summed E-state index contributed by atoms with van der Waals surface area (Å²) in [6.45, 7) is 19.1. The number of benzene rings is 1. The van der Waals surface area contributed by atoms with E-state index in [9.17, 15) is 19.2 Å². The number of unbranched alkanes of at least 4 members (excludes halogenated alkanes) is 29. The van der Waals surface area contributed by atoms with Gasteiger partial charge in [-0.15, -0.1) is 0 Å². The number of ether oxygens (including phenoxy) is 4. The lowest BCUT2D eigenvalue weighted by Crippen LogP contribution is -2.19. The summed E-state index contributed by atoms with van der Waals surface area (Å²) in [4.78, 5) is 48.0. The van der Waals surface area contributed by atoms with E-state index in [0.29, 0.717) is 55.6 Å². The minimum absolute atomic E-state index is 0.0125. The van der Waals surface area contributed by atoms with E-state index in [1.54, 1.807) is 24.3 Å². The first-order chi connectivity index (χ1) is 38.5. The molecule has 0 bridgehead atoms. The molecular weight excluding hydrogens is 985 g/mol. The van der Waals surface area contributed by atoms with Crippen molar-refractivity contribution in [1.82, 2.24) is 0 Å². The topological polar surface area (TPSA) is 125 Å². The number of aliphatic hydroxyl groups excluding tert-OH is 1. The molecule has 1 rings (SSSR count). The highest BCUT2D eigenvalue weighted by Crippen LogP contribution is 2.20. The second kappa shape index (κ2) is 62.4. The van der Waals surface area contributed by atoms with Gasteiger partial charge in [-0.3, -0.25) is 9.59 Å². The van der Waals surface area contributed by atoms with Gasteiger partial charge in [-0.2, -0.15) is 0 Å². The molecule has 9 nitrogen and oxygen atoms in total. The van der Waals surface area contributed by atoms with Crippen LogP contribution < -0.4 is 0 Å². The molecule has 0 radical (unpaired) electrons. The summed E-state index contributed by atoms with van der Waals surface area (Å²) in [6.07, 6.45) is 55.9. The third kappa shape index (κ3) is 55.1. The van der Waals surface area contributed by atoms with Crippen molar-refractivity contribution < 1.29 is 43.2 Å². The first-order valence-corrected chi connectivity index (χ1v) is 33.5. The maximum Gasteiger partial charge on any atom is 0.339 e. The smallest absolute Gasteiger partial charge is 0.339 e. The Balaban J connectivity index is 0. The number of carbonyl (C=O) groups is 4. The van der Waals surface area contributed by atoms with Crippen LogP contribution in [0, 0.1) is 17.8 Å². The fourth-order valence-electron chi connectivity index (χ4n) is 9.48. The third-order valence-electron chi connectivity index (χ3n) is 15.0. The molecule has 1 N–H and O–H groups in total. The zero-order valence-electron chi connectivity index (χ0n) is 53.1. The molecule has 0 aliphatic heterocycles. The highest BCUT2D eigenvalue weighted by molar-refractivity contribution is 6.03. The Bertz CT molecular complexity index is 1460. The van der Waals surface area contributed by atoms with Crippen LogP contribution in [-0.4, -0.2) is 62.0 Å². The van der Waals surface area contributed by atoms with E-state index >= 15 is 0 Å². The van der Waals surface area contributed by atoms with E-state index in [1.165, 1.54) is 180 Å². The molecule has 1 aromatic rings. The number of rotatable bonds is 53. The van der Waals surface area contributed by atoms with E-state index < -0.39 is 11.9 Å². The van der Waals surface area contributed by atoms with Gasteiger partial charge >= 0.3 is 23.9 Å². The third-order valence-corrected chi connectivity index (χ3v) is 15.0. The van der Waals surface area contributed by atoms with Gasteiger partial charge in [0.15, 0.2) is 0 Å². The van der Waals surface area contributed by atoms with Gasteiger partial charge in [0.25, 0.3) is 0 Å². The van der Waals surface area contributed by atoms with Crippen molar-refractivity contribution >= 4 is 23.9 Å². The van der Waals surface area contributed by atoms with Gasteiger partial charge in [-0.1, -0.05) is 279 Å². The SMILES string of the molecule is CCCCC(CC)COC(=O)c1ccccc1C(=O)OCC(CC)CCCC.CCCCCCCC/C=C\CCCCCCCC(=O)OCCO.CCCCCCCCCCCCCCCCCC(=O)OCCCCCC(C)C. The highest BCUT2D eigenvalue weighted by Gasteiger charge is 2.21. The summed E-state index contributed by atoms with van der Waals surface area (Å²) in [6, 6.07) is 6.77. The molecule has 0 aliphatic carbocycles. The van der Waals surface area contributed by atoms with Crippen molar-refractivity contribution in [1.29, 1.82) is 0 Å². The Morgan fingerprint density at radius 3 is 1.10 bits per heavy atom. The van der Waals surface area contributed by atoms with Crippen LogP contribution in [0.3, 0.4) is 0 Å². The van der Waals surface area contributed by atoms with Crippen LogP contribution in [-0.2, 0) is 28.5 Å². The minimum Gasteiger partial charge on any atom is -0.466 e. The first-order valence-electron chi connectivity index (χ1n) is 33.5. The van der Waals surface area contributed by atoms with Gasteiger partial charge in [-0.25, -0.2) is 9.59 Å². The Kier molecular flexibility index (Phi) is 61.5. The first kappa shape index (κ1) is 77.9. The van der Waals surface area contributed by atoms with Crippen LogP contribution in [0.2, 0.25) is 0 Å². The van der Waals surface area contributed by atoms with Crippen molar-refractivity contribution in [3.63, 3.8) is 0 Å². The molecule has 0 amide bonds. The maximum atomic E-state index is 12.6. The van der Waals surface area contributed by atoms with E-state index in [1.807, 2.05) is 0 Å². The van der Waals surface area contributed by atoms with Crippen molar-refractivity contribution in [3.8, 4) is 0 Å². The molecule has 0 aromatic heterocycles. The van der Waals surface area contributed by atoms with Crippen LogP contribution in [0.25, 0.3) is 0 Å². The summed E-state index contributed by atoms with van der Waals surface area (Å²) in [5, 5.41) is 8.54. The number of allylic oxidation sites excluding steroid dienone is 2. The molecule has 0 saturated heterocycles. The van der Waals surface area contributed by atoms with Crippen LogP contribution in [0.4, 0.5) is 0 Å². The van der Waals surface area contributed by atoms with E-state index in [0.717, 1.165) is 83.0 Å². The van der Waals surface area contributed by atoms with Crippen molar-refractivity contribution in [2.24, 2.45) is 17.8 Å². The van der Waals surface area contributed by atoms with Crippen LogP contribution in [0.15, 0.2) is 36.4 Å². The van der Waals surface area contributed by atoms with Crippen molar-refractivity contribution in [2.45, 2.75) is 325 Å². The van der Waals surface area contributed by atoms with E-state index in [2.05, 4.69) is 67.5 Å². The highest BCUT2D eigenvalue weighted by atomic mass is 16.5. The number of hydrogen-bond donors (Lipinski definition) is 1. The van der Waals surface area contributed by atoms with Gasteiger partial charge in [0, 0.05) is 12.8 Å². The fourth-order valence-corrected chi connectivity index (χ4v) is 9.48. The van der Waals surface area contributed by atoms with Gasteiger partial charge in [0.2, 0.25) is 0 Å². The lowest BCUT2D eigenvalue weighted by molar-refractivity contribution is -0.145. The van der Waals surface area contributed by atoms with E-state index in [-0.39, 0.29) is 25.2 Å². The zero-order valence-corrected chi connectivity index (χ0v) is 53.1. The quantitative estimate of drug-likeness (QED) is 0.0294. The van der Waals surface area contributed by atoms with Crippen LogP contribution >= 0.6 is 0 Å². The Morgan fingerprint density at radius 1 is 0.405 bits per heavy atom. The molecule has 0 fully saturated rings. The Labute approximate surface area is 488 Å². The summed E-state index contributed by atoms with van der Waals surface area (Å²) in [5.74, 6) is 0.461. The molecule has 0 aliphatic rings. The molecule has 9 heteroatoms. The normalized spacial score (nSPS) is 11.9. The molecule has 0 saturated carbocycles. The monoisotopic (exact) mass is 1110 g/mol. The standard InChI is InChI=1S/C26H52O2.C24H38O4.C20H38O3/c1-4-5-6-7-8-9-10-11-12-13-14-15-16-17-20-23-26(27)28-24-21-18-19-22-25(2)3;1-5-9-13-19(7-3)17-27-23(25)21-15-11-12-16-22(21)24(26)28-18-20(8-4)14-10-6-2;1-2-3-4-5-6-7-8-9-10-11-12-13-14-15-16-17-20(22)23-19-18-21/h25H,4-24H2,1-3H3;11-12,15-16,19-20H,5-10,13-14,17-18H2,1-4H3;9-10,21H,2-8,11-19H2,1H3/b;;10-9-. The molecule has 0 heterocycles. The fraction of sp³-hybridized carbons (Fsp3) is 0.829. The summed E-state index contributed by atoms with van der Waals surface area (Å²) < 4.78 is 21.2. The largest absolute Gasteiger partial charge is 0.466 e. The average molecular weight is 1110 g/mol. The lowest BCUT2D eigenvalue weighted by Gasteiger charge is -2.17. The summed E-state index contributed by atoms with van der Waals surface area (Å²) in [7, 11) is 0. The van der Waals surface area contributed by atoms with Crippen LogP contribution in [0.5, 0.6) is 0 Å². The number of esters is 4. The molecule has 462 valence electrons. The van der Waals surface area contributed by atoms with Gasteiger partial charge in [0.05, 0.1) is 37.6 Å². The molecule has 1 aromatic carbocycles. The number of carbonyl (C=O) groups excluding carboxylic acids is 4. The zero-order chi connectivity index (χ0) is 58.5. The van der Waals surface area contributed by atoms with Gasteiger partial charge in [-0.05, 0) is 87.7 Å². The maximum absolute atomic E-state index is 12.6. The predicted molar refractivity (Wildman–Crippen MR) is 335 cm³/mol. The van der Waals surface area contributed by atoms with Gasteiger partial charge < -0.3 is 24.1 Å². The second-order valence-corrected chi connectivity index (χ2v) is 23.0. The summed E-state index contributed by atoms with van der Waals surface area (Å²) >= 11 is 0. The Morgan fingerprint density at radius 2 is 0.747 bits per heavy atom. The second-order valence-electron chi connectivity index (χ2n) is 23.0. The lowest BCUT2D eigenvalue weighted by atomic mass is 10.0. The number of hydrogen-bond acceptors (Lipinski definition) is 9. The van der Waals surface area contributed by atoms with Crippen LogP contribution in [0.1, 0.15) is 346 Å². The molecule has 2 atom stereocenters. The average Bonchev–Trinajstić information content (AvgIpc) is 3.45. The minimum atomic E-state index is -0.444. The molecule has 79 heavy (non-hydrogen) atoms. The molecular formula is C70H128O9. The van der Waals surface area contributed by atoms with E-state index in [4.69, 9.17) is 24.1 Å². The summed E-state index contributed by atoms with van der Waals surface area (Å²) in [5.41, 5.74) is 0.582. The van der Waals surface area contributed by atoms with Gasteiger partial charge in [0.1, 0.15) is 6.61 Å². The predicted octanol–water partition coefficient (Wildman–Crippen LogP) is 21.0. The molecule has 2 unspecified atom stereocenters. The number of aliphatic hydroxyl groups is 1. The molecule has 0 spiro atoms. The van der Waals surface area contributed by atoms with Crippen molar-refractivity contribution in [3.05, 3.63) is 47.5 Å². The Hall–Kier alpha value is -3.20. The van der Waals surface area contributed by atoms with Crippen molar-refractivity contribution in [2.75, 3.05) is 33.0 Å².